The van der Waals surface area contributed by atoms with Crippen molar-refractivity contribution in [1.82, 2.24) is 9.97 Å². The highest BCUT2D eigenvalue weighted by Gasteiger charge is 2.08. The van der Waals surface area contributed by atoms with Crippen LogP contribution in [-0.4, -0.2) is 15.9 Å². The number of aromatic nitrogens is 2. The van der Waals surface area contributed by atoms with Gasteiger partial charge in [-0.15, -0.1) is 0 Å². The summed E-state index contributed by atoms with van der Waals surface area (Å²) < 4.78 is 0.876. The lowest BCUT2D eigenvalue weighted by Crippen LogP contribution is -2.13. The molecule has 7 heteroatoms. The summed E-state index contributed by atoms with van der Waals surface area (Å²) in [6.45, 7) is 0. The van der Waals surface area contributed by atoms with E-state index in [2.05, 4.69) is 42.6 Å². The highest BCUT2D eigenvalue weighted by Crippen LogP contribution is 2.17. The molecular weight excluding hydrogens is 382 g/mol. The van der Waals surface area contributed by atoms with Crippen LogP contribution in [0.15, 0.2) is 65.4 Å². The first-order valence-corrected chi connectivity index (χ1v) is 8.09. The summed E-state index contributed by atoms with van der Waals surface area (Å²) in [5, 5.41) is 14.7. The second kappa shape index (κ2) is 7.55. The minimum absolute atomic E-state index is 0.295. The molecule has 0 unspecified atom stereocenters. The first-order chi connectivity index (χ1) is 12.1. The van der Waals surface area contributed by atoms with Gasteiger partial charge >= 0.3 is 0 Å². The predicted octanol–water partition coefficient (Wildman–Crippen LogP) is 4.11. The van der Waals surface area contributed by atoms with E-state index in [-0.39, 0.29) is 5.91 Å². The Morgan fingerprint density at radius 2 is 1.76 bits per heavy atom. The van der Waals surface area contributed by atoms with Crippen molar-refractivity contribution in [3.05, 3.63) is 76.5 Å². The number of rotatable bonds is 4. The Kier molecular flexibility index (Phi) is 5.02. The molecule has 2 aromatic carbocycles. The van der Waals surface area contributed by atoms with Gasteiger partial charge in [0.2, 0.25) is 5.95 Å². The standard InChI is InChI=1S/C18H12BrN5O/c19-14-4-2-6-16(8-14)23-17(25)13-10-21-18(22-11-13)24-15-5-1-3-12(7-15)9-20/h1-8,10-11H,(H,23,25)(H,21,22,24). The van der Waals surface area contributed by atoms with E-state index in [1.165, 1.54) is 12.4 Å². The summed E-state index contributed by atoms with van der Waals surface area (Å²) in [4.78, 5) is 20.5. The summed E-state index contributed by atoms with van der Waals surface area (Å²) >= 11 is 3.36. The van der Waals surface area contributed by atoms with Gasteiger partial charge in [0, 0.05) is 28.2 Å². The number of hydrogen-bond acceptors (Lipinski definition) is 5. The van der Waals surface area contributed by atoms with E-state index in [9.17, 15) is 4.79 Å². The average Bonchev–Trinajstić information content (AvgIpc) is 2.62. The predicted molar refractivity (Wildman–Crippen MR) is 98.6 cm³/mol. The Labute approximate surface area is 152 Å². The topological polar surface area (TPSA) is 90.7 Å². The van der Waals surface area contributed by atoms with Gasteiger partial charge in [-0.3, -0.25) is 4.79 Å². The van der Waals surface area contributed by atoms with E-state index in [4.69, 9.17) is 5.26 Å². The largest absolute Gasteiger partial charge is 0.324 e. The van der Waals surface area contributed by atoms with Gasteiger partial charge < -0.3 is 10.6 Å². The van der Waals surface area contributed by atoms with Crippen molar-refractivity contribution in [2.24, 2.45) is 0 Å². The summed E-state index contributed by atoms with van der Waals surface area (Å²) in [5.74, 6) is 0.0465. The van der Waals surface area contributed by atoms with Crippen LogP contribution < -0.4 is 10.6 Å². The second-order valence-corrected chi connectivity index (χ2v) is 5.99. The smallest absolute Gasteiger partial charge is 0.258 e. The number of nitrogens with zero attached hydrogens (tertiary/aromatic N) is 3. The highest BCUT2D eigenvalue weighted by atomic mass is 79.9. The third-order valence-electron chi connectivity index (χ3n) is 3.24. The fraction of sp³-hybridized carbons (Fsp3) is 0. The van der Waals surface area contributed by atoms with Gasteiger partial charge in [-0.05, 0) is 36.4 Å². The van der Waals surface area contributed by atoms with E-state index in [0.717, 1.165) is 4.47 Å². The maximum atomic E-state index is 12.2. The minimum Gasteiger partial charge on any atom is -0.324 e. The zero-order chi connectivity index (χ0) is 17.6. The van der Waals surface area contributed by atoms with Crippen LogP contribution in [0.5, 0.6) is 0 Å². The Hall–Kier alpha value is -3.24. The van der Waals surface area contributed by atoms with Gasteiger partial charge in [-0.2, -0.15) is 5.26 Å². The zero-order valence-electron chi connectivity index (χ0n) is 12.9. The van der Waals surface area contributed by atoms with Crippen molar-refractivity contribution in [3.63, 3.8) is 0 Å². The molecule has 0 radical (unpaired) electrons. The molecule has 3 aromatic rings. The van der Waals surface area contributed by atoms with Gasteiger partial charge in [-0.1, -0.05) is 28.1 Å². The summed E-state index contributed by atoms with van der Waals surface area (Å²) in [6.07, 6.45) is 2.88. The SMILES string of the molecule is N#Cc1cccc(Nc2ncc(C(=O)Nc3cccc(Br)c3)cn2)c1. The van der Waals surface area contributed by atoms with Crippen molar-refractivity contribution in [2.45, 2.75) is 0 Å². The number of carbonyl (C=O) groups is 1. The number of nitriles is 1. The monoisotopic (exact) mass is 393 g/mol. The van der Waals surface area contributed by atoms with Crippen molar-refractivity contribution in [2.75, 3.05) is 10.6 Å². The van der Waals surface area contributed by atoms with Gasteiger partial charge in [0.25, 0.3) is 5.91 Å². The zero-order valence-corrected chi connectivity index (χ0v) is 14.5. The number of carbonyl (C=O) groups excluding carboxylic acids is 1. The van der Waals surface area contributed by atoms with E-state index in [1.807, 2.05) is 12.1 Å². The molecule has 0 bridgehead atoms. The van der Waals surface area contributed by atoms with Crippen molar-refractivity contribution >= 4 is 39.2 Å². The molecule has 2 N–H and O–H groups in total. The second-order valence-electron chi connectivity index (χ2n) is 5.08. The maximum Gasteiger partial charge on any atom is 0.258 e. The molecular formula is C18H12BrN5O. The quantitative estimate of drug-likeness (QED) is 0.695. The summed E-state index contributed by atoms with van der Waals surface area (Å²) in [5.41, 5.74) is 2.26. The van der Waals surface area contributed by atoms with E-state index >= 15 is 0 Å². The molecule has 0 fully saturated rings. The molecule has 0 atom stereocenters. The molecule has 25 heavy (non-hydrogen) atoms. The van der Waals surface area contributed by atoms with Crippen LogP contribution in [0.4, 0.5) is 17.3 Å². The summed E-state index contributed by atoms with van der Waals surface area (Å²) in [7, 11) is 0. The molecule has 122 valence electrons. The molecule has 1 heterocycles. The molecule has 1 aromatic heterocycles. The van der Waals surface area contributed by atoms with Crippen molar-refractivity contribution in [1.29, 1.82) is 5.26 Å². The van der Waals surface area contributed by atoms with Gasteiger partial charge in [0.15, 0.2) is 0 Å². The van der Waals surface area contributed by atoms with E-state index in [0.29, 0.717) is 28.5 Å². The number of nitrogens with one attached hydrogen (secondary N) is 2. The first-order valence-electron chi connectivity index (χ1n) is 7.30. The molecule has 0 aliphatic heterocycles. The Bertz CT molecular complexity index is 950. The Balaban J connectivity index is 1.69. The van der Waals surface area contributed by atoms with Crippen LogP contribution in [0, 0.1) is 11.3 Å². The van der Waals surface area contributed by atoms with E-state index in [1.54, 1.807) is 36.4 Å². The van der Waals surface area contributed by atoms with Crippen LogP contribution in [0.3, 0.4) is 0 Å². The number of anilines is 3. The molecule has 0 aliphatic carbocycles. The third-order valence-corrected chi connectivity index (χ3v) is 3.74. The van der Waals surface area contributed by atoms with Crippen LogP contribution in [-0.2, 0) is 0 Å². The molecule has 1 amide bonds. The third kappa shape index (κ3) is 4.40. The van der Waals surface area contributed by atoms with Crippen molar-refractivity contribution < 1.29 is 4.79 Å². The van der Waals surface area contributed by atoms with Crippen LogP contribution in [0.1, 0.15) is 15.9 Å². The van der Waals surface area contributed by atoms with Crippen LogP contribution >= 0.6 is 15.9 Å². The first kappa shape index (κ1) is 16.6. The van der Waals surface area contributed by atoms with Crippen molar-refractivity contribution in [3.8, 4) is 6.07 Å². The van der Waals surface area contributed by atoms with Gasteiger partial charge in [0.05, 0.1) is 17.2 Å². The lowest BCUT2D eigenvalue weighted by atomic mass is 10.2. The normalized spacial score (nSPS) is 9.92. The average molecular weight is 394 g/mol. The molecule has 0 spiro atoms. The highest BCUT2D eigenvalue weighted by molar-refractivity contribution is 9.10. The number of halogens is 1. The fourth-order valence-electron chi connectivity index (χ4n) is 2.07. The van der Waals surface area contributed by atoms with Gasteiger partial charge in [-0.25, -0.2) is 9.97 Å². The number of benzene rings is 2. The Morgan fingerprint density at radius 3 is 2.48 bits per heavy atom. The molecule has 3 rings (SSSR count). The van der Waals surface area contributed by atoms with Gasteiger partial charge in [0.1, 0.15) is 0 Å². The lowest BCUT2D eigenvalue weighted by Gasteiger charge is -2.07. The Morgan fingerprint density at radius 1 is 1.04 bits per heavy atom. The molecule has 0 aliphatic rings. The van der Waals surface area contributed by atoms with Crippen LogP contribution in [0.25, 0.3) is 0 Å². The maximum absolute atomic E-state index is 12.2. The number of hydrogen-bond donors (Lipinski definition) is 2. The number of amides is 1. The minimum atomic E-state index is -0.295. The van der Waals surface area contributed by atoms with Crippen LogP contribution in [0.2, 0.25) is 0 Å². The van der Waals surface area contributed by atoms with E-state index < -0.39 is 0 Å². The molecule has 0 saturated carbocycles. The lowest BCUT2D eigenvalue weighted by molar-refractivity contribution is 0.102. The summed E-state index contributed by atoms with van der Waals surface area (Å²) in [6, 6.07) is 16.3. The fourth-order valence-corrected chi connectivity index (χ4v) is 2.47. The molecule has 6 nitrogen and oxygen atoms in total. The molecule has 0 saturated heterocycles.